The van der Waals surface area contributed by atoms with E-state index >= 15 is 0 Å². The minimum Gasteiger partial charge on any atom is -0.370 e. The Morgan fingerprint density at radius 3 is 2.84 bits per heavy atom. The topological polar surface area (TPSA) is 58.9 Å². The van der Waals surface area contributed by atoms with E-state index in [-0.39, 0.29) is 0 Å². The third kappa shape index (κ3) is 3.43. The van der Waals surface area contributed by atoms with E-state index in [1.807, 2.05) is 12.3 Å². The quantitative estimate of drug-likeness (QED) is 0.701. The molecule has 1 saturated heterocycles. The molecular formula is C19H24N6. The van der Waals surface area contributed by atoms with E-state index in [0.717, 1.165) is 49.6 Å². The molecule has 25 heavy (non-hydrogen) atoms. The molecule has 0 bridgehead atoms. The summed E-state index contributed by atoms with van der Waals surface area (Å²) in [6.07, 6.45) is 6.34. The minimum absolute atomic E-state index is 0.856. The average molecular weight is 336 g/mol. The summed E-state index contributed by atoms with van der Waals surface area (Å²) in [4.78, 5) is 7.10. The van der Waals surface area contributed by atoms with Crippen molar-refractivity contribution in [3.8, 4) is 0 Å². The summed E-state index contributed by atoms with van der Waals surface area (Å²) >= 11 is 0. The van der Waals surface area contributed by atoms with Gasteiger partial charge in [-0.1, -0.05) is 12.1 Å². The second kappa shape index (κ2) is 7.09. The van der Waals surface area contributed by atoms with Crippen LogP contribution in [0.25, 0.3) is 11.0 Å². The van der Waals surface area contributed by atoms with Crippen LogP contribution in [0.4, 0.5) is 11.5 Å². The molecular weight excluding hydrogens is 312 g/mol. The van der Waals surface area contributed by atoms with E-state index in [2.05, 4.69) is 56.3 Å². The van der Waals surface area contributed by atoms with Crippen molar-refractivity contribution in [3.05, 3.63) is 42.4 Å². The lowest BCUT2D eigenvalue weighted by Crippen LogP contribution is -2.18. The second-order valence-electron chi connectivity index (χ2n) is 6.60. The molecule has 0 spiro atoms. The summed E-state index contributed by atoms with van der Waals surface area (Å²) in [5, 5.41) is 11.7. The molecule has 0 saturated carbocycles. The van der Waals surface area contributed by atoms with Gasteiger partial charge in [-0.05, 0) is 31.4 Å². The largest absolute Gasteiger partial charge is 0.370 e. The normalized spacial score (nSPS) is 14.4. The van der Waals surface area contributed by atoms with E-state index in [4.69, 9.17) is 4.98 Å². The summed E-state index contributed by atoms with van der Waals surface area (Å²) in [6.45, 7) is 3.11. The molecule has 0 aliphatic carbocycles. The molecule has 0 amide bonds. The van der Waals surface area contributed by atoms with Crippen LogP contribution in [0.15, 0.2) is 36.5 Å². The van der Waals surface area contributed by atoms with Crippen LogP contribution in [0, 0.1) is 0 Å². The molecule has 6 nitrogen and oxygen atoms in total. The zero-order valence-electron chi connectivity index (χ0n) is 14.6. The number of nitrogens with zero attached hydrogens (tertiary/aromatic N) is 5. The highest BCUT2D eigenvalue weighted by Gasteiger charge is 2.13. The first-order valence-electron chi connectivity index (χ1n) is 9.03. The van der Waals surface area contributed by atoms with Crippen molar-refractivity contribution in [2.45, 2.75) is 25.7 Å². The maximum atomic E-state index is 4.72. The zero-order valence-corrected chi connectivity index (χ0v) is 14.6. The lowest BCUT2D eigenvalue weighted by molar-refractivity contribution is 0.751. The Morgan fingerprint density at radius 1 is 1.16 bits per heavy atom. The monoisotopic (exact) mass is 336 g/mol. The first kappa shape index (κ1) is 15.9. The number of aromatic nitrogens is 4. The summed E-state index contributed by atoms with van der Waals surface area (Å²) in [7, 11) is 2.09. The van der Waals surface area contributed by atoms with Crippen molar-refractivity contribution in [3.63, 3.8) is 0 Å². The van der Waals surface area contributed by atoms with Gasteiger partial charge in [-0.2, -0.15) is 5.10 Å². The number of rotatable bonds is 6. The third-order valence-corrected chi connectivity index (χ3v) is 4.87. The Kier molecular flexibility index (Phi) is 4.50. The molecule has 1 aromatic carbocycles. The fourth-order valence-corrected chi connectivity index (χ4v) is 3.47. The summed E-state index contributed by atoms with van der Waals surface area (Å²) < 4.78 is 2.18. The van der Waals surface area contributed by atoms with Gasteiger partial charge in [-0.25, -0.2) is 4.98 Å². The second-order valence-corrected chi connectivity index (χ2v) is 6.60. The summed E-state index contributed by atoms with van der Waals surface area (Å²) in [5.41, 5.74) is 3.43. The van der Waals surface area contributed by atoms with Gasteiger partial charge in [0.05, 0.1) is 22.9 Å². The molecule has 1 aliphatic rings. The van der Waals surface area contributed by atoms with Crippen molar-refractivity contribution in [1.29, 1.82) is 0 Å². The lowest BCUT2D eigenvalue weighted by Gasteiger charge is -2.17. The van der Waals surface area contributed by atoms with Crippen LogP contribution in [-0.4, -0.2) is 39.4 Å². The molecule has 0 unspecified atom stereocenters. The third-order valence-electron chi connectivity index (χ3n) is 4.87. The number of benzene rings is 1. The van der Waals surface area contributed by atoms with Crippen LogP contribution in [0.1, 0.15) is 25.1 Å². The standard InChI is InChI=1S/C19H24N6/c1-24-17-8-3-2-7-16(17)22-19(24)9-6-10-20-18-13-15(14-21-23-18)25-11-4-5-12-25/h2-3,7-8,13-14H,4-6,9-12H2,1H3,(H,20,23). The SMILES string of the molecule is Cn1c(CCCNc2cc(N3CCCC3)cnn2)nc2ccccc21. The maximum Gasteiger partial charge on any atom is 0.150 e. The molecule has 6 heteroatoms. The molecule has 3 heterocycles. The number of nitrogens with one attached hydrogen (secondary N) is 1. The highest BCUT2D eigenvalue weighted by atomic mass is 15.2. The molecule has 0 radical (unpaired) electrons. The molecule has 3 aromatic rings. The fraction of sp³-hybridized carbons (Fsp3) is 0.421. The van der Waals surface area contributed by atoms with Crippen LogP contribution >= 0.6 is 0 Å². The number of aryl methyl sites for hydroxylation is 2. The van der Waals surface area contributed by atoms with Crippen molar-refractivity contribution in [2.75, 3.05) is 29.9 Å². The van der Waals surface area contributed by atoms with Crippen molar-refractivity contribution in [2.24, 2.45) is 7.05 Å². The lowest BCUT2D eigenvalue weighted by atomic mass is 10.3. The van der Waals surface area contributed by atoms with Crippen LogP contribution in [-0.2, 0) is 13.5 Å². The number of anilines is 2. The Hall–Kier alpha value is -2.63. The smallest absolute Gasteiger partial charge is 0.150 e. The van der Waals surface area contributed by atoms with Gasteiger partial charge in [0.15, 0.2) is 5.82 Å². The van der Waals surface area contributed by atoms with E-state index in [1.54, 1.807) is 0 Å². The van der Waals surface area contributed by atoms with E-state index in [0.29, 0.717) is 0 Å². The molecule has 4 rings (SSSR count). The predicted molar refractivity (Wildman–Crippen MR) is 101 cm³/mol. The molecule has 1 fully saturated rings. The van der Waals surface area contributed by atoms with Gasteiger partial charge < -0.3 is 14.8 Å². The number of imidazole rings is 1. The zero-order chi connectivity index (χ0) is 17.1. The van der Waals surface area contributed by atoms with Crippen LogP contribution in [0.5, 0.6) is 0 Å². The van der Waals surface area contributed by atoms with E-state index in [9.17, 15) is 0 Å². The van der Waals surface area contributed by atoms with Gasteiger partial charge in [-0.3, -0.25) is 0 Å². The summed E-state index contributed by atoms with van der Waals surface area (Å²) in [5.74, 6) is 1.98. The highest BCUT2D eigenvalue weighted by Crippen LogP contribution is 2.21. The average Bonchev–Trinajstić information content (AvgIpc) is 3.28. The van der Waals surface area contributed by atoms with Crippen LogP contribution < -0.4 is 10.2 Å². The van der Waals surface area contributed by atoms with E-state index < -0.39 is 0 Å². The van der Waals surface area contributed by atoms with Crippen molar-refractivity contribution in [1.82, 2.24) is 19.7 Å². The number of hydrogen-bond acceptors (Lipinski definition) is 5. The van der Waals surface area contributed by atoms with Crippen molar-refractivity contribution >= 4 is 22.5 Å². The number of hydrogen-bond donors (Lipinski definition) is 1. The predicted octanol–water partition coefficient (Wildman–Crippen LogP) is 3.01. The van der Waals surface area contributed by atoms with Crippen LogP contribution in [0.2, 0.25) is 0 Å². The molecule has 1 aliphatic heterocycles. The van der Waals surface area contributed by atoms with Gasteiger partial charge in [0.2, 0.25) is 0 Å². The van der Waals surface area contributed by atoms with Crippen molar-refractivity contribution < 1.29 is 0 Å². The Labute approximate surface area is 147 Å². The number of para-hydroxylation sites is 2. The molecule has 2 aromatic heterocycles. The van der Waals surface area contributed by atoms with Gasteiger partial charge in [0.1, 0.15) is 5.82 Å². The van der Waals surface area contributed by atoms with Gasteiger partial charge in [0.25, 0.3) is 0 Å². The van der Waals surface area contributed by atoms with Gasteiger partial charge in [-0.15, -0.1) is 5.10 Å². The first-order valence-corrected chi connectivity index (χ1v) is 9.03. The fourth-order valence-electron chi connectivity index (χ4n) is 3.47. The highest BCUT2D eigenvalue weighted by molar-refractivity contribution is 5.75. The number of fused-ring (bicyclic) bond motifs is 1. The Bertz CT molecular complexity index is 850. The Morgan fingerprint density at radius 2 is 2.00 bits per heavy atom. The Balaban J connectivity index is 1.33. The summed E-state index contributed by atoms with van der Waals surface area (Å²) in [6, 6.07) is 10.4. The molecule has 1 N–H and O–H groups in total. The molecule has 130 valence electrons. The minimum atomic E-state index is 0.856. The maximum absolute atomic E-state index is 4.72. The van der Waals surface area contributed by atoms with Gasteiger partial charge >= 0.3 is 0 Å². The van der Waals surface area contributed by atoms with E-state index in [1.165, 1.54) is 24.0 Å². The first-order chi connectivity index (χ1) is 12.3. The van der Waals surface area contributed by atoms with Gasteiger partial charge in [0, 0.05) is 39.2 Å². The molecule has 0 atom stereocenters. The van der Waals surface area contributed by atoms with Crippen LogP contribution in [0.3, 0.4) is 0 Å².